The highest BCUT2D eigenvalue weighted by Crippen LogP contribution is 2.29. The van der Waals surface area contributed by atoms with Crippen LogP contribution < -0.4 is 11.3 Å². The monoisotopic (exact) mass is 283 g/mol. The highest BCUT2D eigenvalue weighted by atomic mass is 79.9. The first kappa shape index (κ1) is 11.3. The van der Waals surface area contributed by atoms with Gasteiger partial charge < -0.3 is 5.43 Å². The third-order valence-corrected chi connectivity index (χ3v) is 3.09. The van der Waals surface area contributed by atoms with Gasteiger partial charge in [-0.15, -0.1) is 0 Å². The topological polar surface area (TPSA) is 50.9 Å². The van der Waals surface area contributed by atoms with Crippen molar-refractivity contribution in [1.29, 1.82) is 0 Å². The number of halogens is 2. The molecule has 84 valence electrons. The van der Waals surface area contributed by atoms with Crippen molar-refractivity contribution in [3.8, 4) is 0 Å². The number of rotatable bonds is 1. The number of hydrogen-bond acceptors (Lipinski definition) is 3. The van der Waals surface area contributed by atoms with Crippen molar-refractivity contribution in [2.75, 3.05) is 5.43 Å². The van der Waals surface area contributed by atoms with Crippen molar-refractivity contribution < 1.29 is 4.39 Å². The Morgan fingerprint density at radius 3 is 2.62 bits per heavy atom. The zero-order chi connectivity index (χ0) is 11.9. The molecule has 3 nitrogen and oxygen atoms in total. The lowest BCUT2D eigenvalue weighted by Gasteiger charge is -2.09. The predicted octanol–water partition coefficient (Wildman–Crippen LogP) is 3.04. The number of pyridine rings is 1. The van der Waals surface area contributed by atoms with Crippen LogP contribution in [0.3, 0.4) is 0 Å². The Hall–Kier alpha value is -1.20. The van der Waals surface area contributed by atoms with Gasteiger partial charge in [0.25, 0.3) is 0 Å². The van der Waals surface area contributed by atoms with Gasteiger partial charge in [-0.25, -0.2) is 15.2 Å². The average molecular weight is 284 g/mol. The van der Waals surface area contributed by atoms with E-state index in [1.165, 1.54) is 0 Å². The maximum atomic E-state index is 13.9. The predicted molar refractivity (Wildman–Crippen MR) is 66.7 cm³/mol. The molecule has 0 bridgehead atoms. The van der Waals surface area contributed by atoms with Crippen LogP contribution in [0.2, 0.25) is 0 Å². The van der Waals surface area contributed by atoms with Crippen LogP contribution in [-0.2, 0) is 0 Å². The molecule has 0 atom stereocenters. The Kier molecular flexibility index (Phi) is 2.82. The molecule has 0 saturated heterocycles. The number of hydrogen-bond donors (Lipinski definition) is 2. The lowest BCUT2D eigenvalue weighted by molar-refractivity contribution is 0.632. The maximum absolute atomic E-state index is 13.9. The summed E-state index contributed by atoms with van der Waals surface area (Å²) >= 11 is 3.18. The van der Waals surface area contributed by atoms with Gasteiger partial charge in [0.05, 0.1) is 9.99 Å². The molecule has 0 aliphatic rings. The van der Waals surface area contributed by atoms with E-state index in [0.29, 0.717) is 21.2 Å². The van der Waals surface area contributed by atoms with Gasteiger partial charge in [-0.2, -0.15) is 0 Å². The third kappa shape index (κ3) is 1.66. The smallest absolute Gasteiger partial charge is 0.146 e. The van der Waals surface area contributed by atoms with E-state index in [0.717, 1.165) is 11.1 Å². The summed E-state index contributed by atoms with van der Waals surface area (Å²) < 4.78 is 14.3. The lowest BCUT2D eigenvalue weighted by atomic mass is 10.1. The molecule has 1 aromatic heterocycles. The van der Waals surface area contributed by atoms with Crippen molar-refractivity contribution in [3.05, 3.63) is 33.5 Å². The van der Waals surface area contributed by atoms with E-state index in [4.69, 9.17) is 5.84 Å². The fraction of sp³-hybridized carbons (Fsp3) is 0.182. The first-order valence-corrected chi connectivity index (χ1v) is 5.56. The average Bonchev–Trinajstić information content (AvgIpc) is 2.25. The molecular weight excluding hydrogens is 273 g/mol. The third-order valence-electron chi connectivity index (χ3n) is 2.51. The number of hydrazine groups is 1. The van der Waals surface area contributed by atoms with Gasteiger partial charge in [-0.1, -0.05) is 0 Å². The van der Waals surface area contributed by atoms with E-state index < -0.39 is 0 Å². The molecular formula is C11H11BrFN3. The Morgan fingerprint density at radius 2 is 2.00 bits per heavy atom. The standard InChI is InChI=1S/C11H11BrFN3/c1-5-4-8(12)9(13)7-3-6(2)11(16-14)15-10(5)7/h3-4H,14H2,1-2H3,(H,15,16). The molecule has 0 unspecified atom stereocenters. The lowest BCUT2D eigenvalue weighted by Crippen LogP contribution is -2.10. The Balaban J connectivity index is 2.90. The van der Waals surface area contributed by atoms with E-state index in [1.54, 1.807) is 12.1 Å². The first-order chi connectivity index (χ1) is 7.54. The van der Waals surface area contributed by atoms with Crippen molar-refractivity contribution >= 4 is 32.7 Å². The fourth-order valence-corrected chi connectivity index (χ4v) is 2.23. The second kappa shape index (κ2) is 3.99. The van der Waals surface area contributed by atoms with Crippen LogP contribution >= 0.6 is 15.9 Å². The number of nitrogens with two attached hydrogens (primary N) is 1. The second-order valence-corrected chi connectivity index (χ2v) is 4.54. The van der Waals surface area contributed by atoms with Gasteiger partial charge >= 0.3 is 0 Å². The zero-order valence-corrected chi connectivity index (χ0v) is 10.5. The number of anilines is 1. The molecule has 2 aromatic rings. The minimum absolute atomic E-state index is 0.292. The van der Waals surface area contributed by atoms with Gasteiger partial charge in [0.15, 0.2) is 0 Å². The Labute approximate surface area is 101 Å². The number of nitrogens with one attached hydrogen (secondary N) is 1. The van der Waals surface area contributed by atoms with Gasteiger partial charge in [-0.3, -0.25) is 0 Å². The molecule has 3 N–H and O–H groups in total. The van der Waals surface area contributed by atoms with E-state index in [1.807, 2.05) is 13.8 Å². The van der Waals surface area contributed by atoms with Gasteiger partial charge in [0, 0.05) is 5.39 Å². The van der Waals surface area contributed by atoms with E-state index in [9.17, 15) is 4.39 Å². The minimum atomic E-state index is -0.292. The number of nitrogen functional groups attached to an aromatic ring is 1. The van der Waals surface area contributed by atoms with Gasteiger partial charge in [0.2, 0.25) is 0 Å². The summed E-state index contributed by atoms with van der Waals surface area (Å²) in [7, 11) is 0. The zero-order valence-electron chi connectivity index (χ0n) is 8.94. The molecule has 16 heavy (non-hydrogen) atoms. The fourth-order valence-electron chi connectivity index (χ4n) is 1.68. The molecule has 1 aromatic carbocycles. The largest absolute Gasteiger partial charge is 0.308 e. The number of aryl methyl sites for hydroxylation is 2. The summed E-state index contributed by atoms with van der Waals surface area (Å²) in [6.07, 6.45) is 0. The molecule has 0 fully saturated rings. The van der Waals surface area contributed by atoms with E-state index >= 15 is 0 Å². The van der Waals surface area contributed by atoms with Gasteiger partial charge in [0.1, 0.15) is 11.6 Å². The Bertz CT molecular complexity index is 569. The molecule has 0 amide bonds. The van der Waals surface area contributed by atoms with Crippen LogP contribution in [-0.4, -0.2) is 4.98 Å². The van der Waals surface area contributed by atoms with Crippen molar-refractivity contribution in [1.82, 2.24) is 4.98 Å². The number of aromatic nitrogens is 1. The van der Waals surface area contributed by atoms with Crippen molar-refractivity contribution in [2.45, 2.75) is 13.8 Å². The molecule has 1 heterocycles. The maximum Gasteiger partial charge on any atom is 0.146 e. The summed E-state index contributed by atoms with van der Waals surface area (Å²) in [5.41, 5.74) is 4.84. The van der Waals surface area contributed by atoms with Crippen LogP contribution in [0.4, 0.5) is 10.2 Å². The number of nitrogens with zero attached hydrogens (tertiary/aromatic N) is 1. The molecule has 0 aliphatic carbocycles. The summed E-state index contributed by atoms with van der Waals surface area (Å²) in [5.74, 6) is 5.62. The highest BCUT2D eigenvalue weighted by molar-refractivity contribution is 9.10. The van der Waals surface area contributed by atoms with Gasteiger partial charge in [-0.05, 0) is 53.0 Å². The molecule has 0 saturated carbocycles. The van der Waals surface area contributed by atoms with Crippen molar-refractivity contribution in [2.24, 2.45) is 5.84 Å². The molecule has 0 radical (unpaired) electrons. The van der Waals surface area contributed by atoms with Crippen LogP contribution in [0.25, 0.3) is 10.9 Å². The van der Waals surface area contributed by atoms with E-state index in [2.05, 4.69) is 26.3 Å². The van der Waals surface area contributed by atoms with Crippen LogP contribution in [0.5, 0.6) is 0 Å². The molecule has 5 heteroatoms. The van der Waals surface area contributed by atoms with Crippen LogP contribution in [0.1, 0.15) is 11.1 Å². The minimum Gasteiger partial charge on any atom is -0.308 e. The summed E-state index contributed by atoms with van der Waals surface area (Å²) in [4.78, 5) is 4.30. The van der Waals surface area contributed by atoms with Crippen molar-refractivity contribution in [3.63, 3.8) is 0 Å². The normalized spacial score (nSPS) is 10.8. The van der Waals surface area contributed by atoms with Crippen LogP contribution in [0, 0.1) is 19.7 Å². The SMILES string of the molecule is Cc1cc2c(F)c(Br)cc(C)c2nc1NN. The van der Waals surface area contributed by atoms with Crippen LogP contribution in [0.15, 0.2) is 16.6 Å². The summed E-state index contributed by atoms with van der Waals surface area (Å²) in [5, 5.41) is 0.503. The molecule has 0 spiro atoms. The number of benzene rings is 1. The highest BCUT2D eigenvalue weighted by Gasteiger charge is 2.11. The quantitative estimate of drug-likeness (QED) is 0.625. The summed E-state index contributed by atoms with van der Waals surface area (Å²) in [6.45, 7) is 3.71. The first-order valence-electron chi connectivity index (χ1n) is 4.77. The summed E-state index contributed by atoms with van der Waals surface area (Å²) in [6, 6.07) is 3.45. The second-order valence-electron chi connectivity index (χ2n) is 3.68. The Morgan fingerprint density at radius 1 is 1.31 bits per heavy atom. The van der Waals surface area contributed by atoms with E-state index in [-0.39, 0.29) is 5.82 Å². The number of fused-ring (bicyclic) bond motifs is 1. The molecule has 0 aliphatic heterocycles. The molecule has 2 rings (SSSR count).